The first-order valence-electron chi connectivity index (χ1n) is 6.86. The van der Waals surface area contributed by atoms with Gasteiger partial charge in [0.2, 0.25) is 5.91 Å². The Bertz CT molecular complexity index is 366. The van der Waals surface area contributed by atoms with Crippen molar-refractivity contribution in [2.45, 2.75) is 40.2 Å². The van der Waals surface area contributed by atoms with Gasteiger partial charge in [-0.05, 0) is 12.8 Å². The zero-order chi connectivity index (χ0) is 14.6. The molecule has 0 aromatic rings. The molecular formula is C14H24N2O3. The van der Waals surface area contributed by atoms with Gasteiger partial charge in [-0.15, -0.1) is 0 Å². The SMILES string of the molecule is CC(=O)C(NC(=O)CN1CCC(=O)C(C)C1)C(C)C. The highest BCUT2D eigenvalue weighted by Crippen LogP contribution is 2.11. The standard InChI is InChI=1S/C14H24N2O3/c1-9(2)14(11(4)17)15-13(19)8-16-6-5-12(18)10(3)7-16/h9-10,14H,5-8H2,1-4H3,(H,15,19). The number of hydrogen-bond acceptors (Lipinski definition) is 4. The predicted molar refractivity (Wildman–Crippen MR) is 72.7 cm³/mol. The maximum atomic E-state index is 11.9. The number of likely N-dealkylation sites (tertiary alicyclic amines) is 1. The molecule has 5 heteroatoms. The quantitative estimate of drug-likeness (QED) is 0.794. The molecule has 1 aliphatic rings. The molecule has 1 rings (SSSR count). The van der Waals surface area contributed by atoms with Crippen LogP contribution in [0.25, 0.3) is 0 Å². The van der Waals surface area contributed by atoms with E-state index in [1.807, 2.05) is 25.7 Å². The topological polar surface area (TPSA) is 66.5 Å². The fourth-order valence-corrected chi connectivity index (χ4v) is 2.40. The lowest BCUT2D eigenvalue weighted by atomic mass is 9.98. The number of rotatable bonds is 5. The molecule has 0 bridgehead atoms. The highest BCUT2D eigenvalue weighted by molar-refractivity contribution is 5.88. The summed E-state index contributed by atoms with van der Waals surface area (Å²) in [5, 5.41) is 2.77. The first-order valence-corrected chi connectivity index (χ1v) is 6.86. The second-order valence-electron chi connectivity index (χ2n) is 5.75. The summed E-state index contributed by atoms with van der Waals surface area (Å²) in [5.41, 5.74) is 0. The van der Waals surface area contributed by atoms with Crippen LogP contribution in [0.4, 0.5) is 0 Å². The summed E-state index contributed by atoms with van der Waals surface area (Å²) in [6.07, 6.45) is 0.509. The summed E-state index contributed by atoms with van der Waals surface area (Å²) in [7, 11) is 0. The average Bonchev–Trinajstić information content (AvgIpc) is 2.30. The normalized spacial score (nSPS) is 22.4. The molecule has 2 atom stereocenters. The number of nitrogens with one attached hydrogen (secondary N) is 1. The zero-order valence-corrected chi connectivity index (χ0v) is 12.2. The molecular weight excluding hydrogens is 244 g/mol. The lowest BCUT2D eigenvalue weighted by molar-refractivity contribution is -0.131. The van der Waals surface area contributed by atoms with E-state index >= 15 is 0 Å². The Kier molecular flexibility index (Phi) is 5.66. The van der Waals surface area contributed by atoms with E-state index in [0.29, 0.717) is 19.5 Å². The summed E-state index contributed by atoms with van der Waals surface area (Å²) in [6, 6.07) is -0.420. The van der Waals surface area contributed by atoms with Gasteiger partial charge in [0, 0.05) is 25.4 Å². The molecule has 108 valence electrons. The minimum Gasteiger partial charge on any atom is -0.345 e. The number of amides is 1. The van der Waals surface area contributed by atoms with E-state index in [1.165, 1.54) is 6.92 Å². The van der Waals surface area contributed by atoms with Gasteiger partial charge in [-0.3, -0.25) is 19.3 Å². The molecule has 1 N–H and O–H groups in total. The molecule has 0 aliphatic carbocycles. The largest absolute Gasteiger partial charge is 0.345 e. The van der Waals surface area contributed by atoms with Crippen molar-refractivity contribution in [1.29, 1.82) is 0 Å². The lowest BCUT2D eigenvalue weighted by Crippen LogP contribution is -2.49. The molecule has 0 saturated carbocycles. The van der Waals surface area contributed by atoms with Crippen molar-refractivity contribution in [1.82, 2.24) is 10.2 Å². The van der Waals surface area contributed by atoms with Crippen molar-refractivity contribution in [3.8, 4) is 0 Å². The maximum Gasteiger partial charge on any atom is 0.234 e. The van der Waals surface area contributed by atoms with Gasteiger partial charge in [-0.25, -0.2) is 0 Å². The van der Waals surface area contributed by atoms with Crippen LogP contribution in [-0.4, -0.2) is 48.0 Å². The molecule has 5 nitrogen and oxygen atoms in total. The van der Waals surface area contributed by atoms with Crippen molar-refractivity contribution >= 4 is 17.5 Å². The second kappa shape index (κ2) is 6.80. The maximum absolute atomic E-state index is 11.9. The third-order valence-corrected chi connectivity index (χ3v) is 3.54. The van der Waals surface area contributed by atoms with Gasteiger partial charge in [0.05, 0.1) is 12.6 Å². The molecule has 1 amide bonds. The van der Waals surface area contributed by atoms with Crippen LogP contribution in [-0.2, 0) is 14.4 Å². The van der Waals surface area contributed by atoms with E-state index in [-0.39, 0.29) is 35.9 Å². The summed E-state index contributed by atoms with van der Waals surface area (Å²) in [6.45, 7) is 8.71. The van der Waals surface area contributed by atoms with Crippen LogP contribution in [0.15, 0.2) is 0 Å². The van der Waals surface area contributed by atoms with Crippen molar-refractivity contribution in [3.05, 3.63) is 0 Å². The molecule has 0 aromatic carbocycles. The fourth-order valence-electron chi connectivity index (χ4n) is 2.40. The first kappa shape index (κ1) is 15.8. The number of carbonyl (C=O) groups excluding carboxylic acids is 3. The van der Waals surface area contributed by atoms with E-state index in [2.05, 4.69) is 5.32 Å². The number of Topliss-reactive ketones (excluding diaryl/α,β-unsaturated/α-hetero) is 2. The molecule has 1 fully saturated rings. The van der Waals surface area contributed by atoms with Crippen LogP contribution in [0.3, 0.4) is 0 Å². The van der Waals surface area contributed by atoms with Crippen LogP contribution in [0, 0.1) is 11.8 Å². The van der Waals surface area contributed by atoms with Crippen molar-refractivity contribution < 1.29 is 14.4 Å². The Hall–Kier alpha value is -1.23. The van der Waals surface area contributed by atoms with E-state index in [0.717, 1.165) is 0 Å². The fraction of sp³-hybridized carbons (Fsp3) is 0.786. The van der Waals surface area contributed by atoms with Gasteiger partial charge in [-0.2, -0.15) is 0 Å². The Morgan fingerprint density at radius 1 is 1.42 bits per heavy atom. The predicted octanol–water partition coefficient (Wildman–Crippen LogP) is 0.627. The van der Waals surface area contributed by atoms with Gasteiger partial charge in [0.15, 0.2) is 5.78 Å². The number of hydrogen-bond donors (Lipinski definition) is 1. The molecule has 0 aromatic heterocycles. The molecule has 19 heavy (non-hydrogen) atoms. The number of ketones is 2. The monoisotopic (exact) mass is 268 g/mol. The van der Waals surface area contributed by atoms with Crippen molar-refractivity contribution in [3.63, 3.8) is 0 Å². The highest BCUT2D eigenvalue weighted by Gasteiger charge is 2.26. The van der Waals surface area contributed by atoms with E-state index < -0.39 is 6.04 Å². The summed E-state index contributed by atoms with van der Waals surface area (Å²) < 4.78 is 0. The van der Waals surface area contributed by atoms with Crippen LogP contribution in [0.2, 0.25) is 0 Å². The molecule has 0 radical (unpaired) electrons. The third kappa shape index (κ3) is 4.74. The number of carbonyl (C=O) groups is 3. The zero-order valence-electron chi connectivity index (χ0n) is 12.2. The van der Waals surface area contributed by atoms with Crippen molar-refractivity contribution in [2.75, 3.05) is 19.6 Å². The highest BCUT2D eigenvalue weighted by atomic mass is 16.2. The van der Waals surface area contributed by atoms with E-state index in [4.69, 9.17) is 0 Å². The minimum absolute atomic E-state index is 0.00440. The molecule has 1 heterocycles. The Morgan fingerprint density at radius 2 is 2.05 bits per heavy atom. The Labute approximate surface area is 114 Å². The average molecular weight is 268 g/mol. The third-order valence-electron chi connectivity index (χ3n) is 3.54. The summed E-state index contributed by atoms with van der Waals surface area (Å²) in [4.78, 5) is 36.7. The molecule has 0 spiro atoms. The van der Waals surface area contributed by atoms with Gasteiger partial charge in [-0.1, -0.05) is 20.8 Å². The molecule has 2 unspecified atom stereocenters. The van der Waals surface area contributed by atoms with Gasteiger partial charge < -0.3 is 5.32 Å². The Morgan fingerprint density at radius 3 is 2.53 bits per heavy atom. The summed E-state index contributed by atoms with van der Waals surface area (Å²) >= 11 is 0. The lowest BCUT2D eigenvalue weighted by Gasteiger charge is -2.30. The Balaban J connectivity index is 2.47. The van der Waals surface area contributed by atoms with Crippen LogP contribution >= 0.6 is 0 Å². The van der Waals surface area contributed by atoms with Crippen LogP contribution < -0.4 is 5.32 Å². The van der Waals surface area contributed by atoms with E-state index in [9.17, 15) is 14.4 Å². The van der Waals surface area contributed by atoms with Crippen LogP contribution in [0.5, 0.6) is 0 Å². The first-order chi connectivity index (χ1) is 8.81. The van der Waals surface area contributed by atoms with Crippen LogP contribution in [0.1, 0.15) is 34.1 Å². The minimum atomic E-state index is -0.420. The van der Waals surface area contributed by atoms with Crippen molar-refractivity contribution in [2.24, 2.45) is 11.8 Å². The molecule has 1 saturated heterocycles. The van der Waals surface area contributed by atoms with E-state index in [1.54, 1.807) is 0 Å². The molecule has 1 aliphatic heterocycles. The smallest absolute Gasteiger partial charge is 0.234 e. The number of piperidine rings is 1. The summed E-state index contributed by atoms with van der Waals surface area (Å²) in [5.74, 6) is 0.181. The van der Waals surface area contributed by atoms with Gasteiger partial charge in [0.1, 0.15) is 5.78 Å². The number of nitrogens with zero attached hydrogens (tertiary/aromatic N) is 1. The van der Waals surface area contributed by atoms with Gasteiger partial charge >= 0.3 is 0 Å². The van der Waals surface area contributed by atoms with Gasteiger partial charge in [0.25, 0.3) is 0 Å². The second-order valence-corrected chi connectivity index (χ2v) is 5.75.